The summed E-state index contributed by atoms with van der Waals surface area (Å²) in [5.74, 6) is 0.106. The molecule has 0 aromatic heterocycles. The molecule has 0 radical (unpaired) electrons. The highest BCUT2D eigenvalue weighted by Crippen LogP contribution is 2.20. The van der Waals surface area contributed by atoms with E-state index in [0.717, 1.165) is 114 Å². The Morgan fingerprint density at radius 1 is 0.762 bits per heavy atom. The fraction of sp³-hybridized carbons (Fsp3) is 0.594. The van der Waals surface area contributed by atoms with Crippen LogP contribution in [0.3, 0.4) is 0 Å². The Morgan fingerprint density at radius 3 is 1.76 bits per heavy atom. The van der Waals surface area contributed by atoms with Crippen molar-refractivity contribution in [2.45, 2.75) is 38.8 Å². The molecule has 9 N–H and O–H groups in total. The lowest BCUT2D eigenvalue weighted by Crippen LogP contribution is -2.64. The second-order valence-corrected chi connectivity index (χ2v) is 12.1. The molecule has 2 bridgehead atoms. The van der Waals surface area contributed by atoms with Gasteiger partial charge in [0.2, 0.25) is 5.91 Å². The molecule has 0 saturated carbocycles. The van der Waals surface area contributed by atoms with Crippen LogP contribution < -0.4 is 42.5 Å². The maximum atomic E-state index is 12.6. The van der Waals surface area contributed by atoms with E-state index in [2.05, 4.69) is 61.6 Å². The van der Waals surface area contributed by atoms with Crippen molar-refractivity contribution < 1.29 is 9.90 Å². The number of carbonyl (C=O) groups is 1. The molecular weight excluding hydrogens is 528 g/mol. The molecule has 2 aromatic carbocycles. The number of anilines is 1. The quantitative estimate of drug-likeness (QED) is 0.232. The third-order valence-electron chi connectivity index (χ3n) is 8.62. The van der Waals surface area contributed by atoms with Gasteiger partial charge in [0.25, 0.3) is 0 Å². The Kier molecular flexibility index (Phi) is 12.6. The van der Waals surface area contributed by atoms with Crippen molar-refractivity contribution in [3.8, 4) is 5.75 Å². The first-order chi connectivity index (χ1) is 20.4. The first kappa shape index (κ1) is 32.3. The summed E-state index contributed by atoms with van der Waals surface area (Å²) in [4.78, 5) is 12.6. The third-order valence-corrected chi connectivity index (χ3v) is 8.62. The number of hydrogen-bond acceptors (Lipinski definition) is 9. The van der Waals surface area contributed by atoms with Gasteiger partial charge in [-0.3, -0.25) is 4.79 Å². The van der Waals surface area contributed by atoms with Crippen LogP contribution in [0.5, 0.6) is 5.75 Å². The van der Waals surface area contributed by atoms with E-state index in [0.29, 0.717) is 0 Å². The van der Waals surface area contributed by atoms with Crippen molar-refractivity contribution in [2.24, 2.45) is 5.41 Å². The molecule has 0 aliphatic carbocycles. The molecular formula is C32H52N8O2. The standard InChI is InChI=1S/C32H52N8O2/c1-3-31-19-33-10-13-36-22-32(23-37-14-11-34-20-31,24-38-15-12-35-21-31)39-18-26-6-8-28(9-7-26)40-30(42)17-27-5-4-25(2)29(41)16-27/h4-9,16,33-39,41H,3,10-15,17-24H2,1-2H3,(H,40,42). The maximum absolute atomic E-state index is 12.6. The van der Waals surface area contributed by atoms with Crippen LogP contribution in [0, 0.1) is 12.3 Å². The van der Waals surface area contributed by atoms with Gasteiger partial charge in [-0.1, -0.05) is 31.2 Å². The van der Waals surface area contributed by atoms with Crippen molar-refractivity contribution in [3.05, 3.63) is 59.2 Å². The number of benzene rings is 2. The smallest absolute Gasteiger partial charge is 0.228 e. The minimum atomic E-state index is -0.173. The van der Waals surface area contributed by atoms with Crippen LogP contribution in [0.25, 0.3) is 0 Å². The number of phenols is 1. The number of carbonyl (C=O) groups excluding carboxylic acids is 1. The van der Waals surface area contributed by atoms with Gasteiger partial charge in [0, 0.05) is 96.2 Å². The van der Waals surface area contributed by atoms with E-state index >= 15 is 0 Å². The van der Waals surface area contributed by atoms with Crippen molar-refractivity contribution >= 4 is 11.6 Å². The highest BCUT2D eigenvalue weighted by Gasteiger charge is 2.31. The van der Waals surface area contributed by atoms with E-state index in [1.54, 1.807) is 6.07 Å². The third kappa shape index (κ3) is 10.0. The van der Waals surface area contributed by atoms with Crippen LogP contribution >= 0.6 is 0 Å². The Morgan fingerprint density at radius 2 is 1.26 bits per heavy atom. The molecule has 3 fully saturated rings. The number of fused-ring (bicyclic) bond motifs is 15. The number of aromatic hydroxyl groups is 1. The Balaban J connectivity index is 1.36. The molecule has 10 heteroatoms. The van der Waals surface area contributed by atoms with Gasteiger partial charge in [-0.05, 0) is 48.2 Å². The zero-order valence-electron chi connectivity index (χ0n) is 25.5. The van der Waals surface area contributed by atoms with E-state index in [4.69, 9.17) is 0 Å². The van der Waals surface area contributed by atoms with E-state index in [1.807, 2.05) is 31.2 Å². The molecule has 3 heterocycles. The van der Waals surface area contributed by atoms with Gasteiger partial charge in [0.05, 0.1) is 12.0 Å². The summed E-state index contributed by atoms with van der Waals surface area (Å²) in [7, 11) is 0. The highest BCUT2D eigenvalue weighted by molar-refractivity contribution is 5.92. The number of rotatable bonds is 7. The topological polar surface area (TPSA) is 134 Å². The molecule has 0 atom stereocenters. The van der Waals surface area contributed by atoms with Crippen LogP contribution in [0.15, 0.2) is 42.5 Å². The minimum absolute atomic E-state index is 0.107. The van der Waals surface area contributed by atoms with Gasteiger partial charge in [0.1, 0.15) is 5.75 Å². The molecule has 0 spiro atoms. The average Bonchev–Trinajstić information content (AvgIpc) is 2.99. The molecule has 3 aliphatic rings. The summed E-state index contributed by atoms with van der Waals surface area (Å²) in [5, 5.41) is 39.1. The summed E-state index contributed by atoms with van der Waals surface area (Å²) in [5.41, 5.74) is 3.55. The Hall–Kier alpha value is -2.57. The van der Waals surface area contributed by atoms with Gasteiger partial charge in [-0.2, -0.15) is 0 Å². The lowest BCUT2D eigenvalue weighted by atomic mass is 9.84. The Labute approximate surface area is 251 Å². The van der Waals surface area contributed by atoms with E-state index in [9.17, 15) is 9.90 Å². The first-order valence-electron chi connectivity index (χ1n) is 15.6. The molecule has 10 nitrogen and oxygen atoms in total. The SMILES string of the molecule is CCC12CNCCNCC(NCc3ccc(NC(=O)Cc4ccc(C)c(O)c4)cc3)(CNCCNC1)CNCCNC2. The van der Waals surface area contributed by atoms with Gasteiger partial charge < -0.3 is 47.6 Å². The van der Waals surface area contributed by atoms with Gasteiger partial charge in [-0.15, -0.1) is 0 Å². The predicted octanol–water partition coefficient (Wildman–Crippen LogP) is 0.671. The summed E-state index contributed by atoms with van der Waals surface area (Å²) in [6.45, 7) is 16.0. The number of nitrogens with one attached hydrogen (secondary N) is 8. The average molecular weight is 581 g/mol. The number of phenolic OH excluding ortho intramolecular Hbond substituents is 1. The highest BCUT2D eigenvalue weighted by atomic mass is 16.3. The minimum Gasteiger partial charge on any atom is -0.508 e. The van der Waals surface area contributed by atoms with Crippen molar-refractivity contribution in [1.29, 1.82) is 0 Å². The molecule has 2 aromatic rings. The van der Waals surface area contributed by atoms with Crippen LogP contribution in [0.2, 0.25) is 0 Å². The van der Waals surface area contributed by atoms with Crippen molar-refractivity contribution in [1.82, 2.24) is 37.2 Å². The molecule has 42 heavy (non-hydrogen) atoms. The first-order valence-corrected chi connectivity index (χ1v) is 15.6. The summed E-state index contributed by atoms with van der Waals surface area (Å²) >= 11 is 0. The second-order valence-electron chi connectivity index (χ2n) is 12.1. The van der Waals surface area contributed by atoms with Crippen LogP contribution in [-0.4, -0.2) is 95.1 Å². The zero-order chi connectivity index (χ0) is 29.7. The van der Waals surface area contributed by atoms with Gasteiger partial charge in [0.15, 0.2) is 0 Å². The molecule has 1 amide bonds. The largest absolute Gasteiger partial charge is 0.508 e. The monoisotopic (exact) mass is 580 g/mol. The number of aryl methyl sites for hydroxylation is 1. The van der Waals surface area contributed by atoms with E-state index < -0.39 is 0 Å². The molecule has 5 rings (SSSR count). The van der Waals surface area contributed by atoms with Gasteiger partial charge in [-0.25, -0.2) is 0 Å². The van der Waals surface area contributed by atoms with Crippen molar-refractivity contribution in [3.63, 3.8) is 0 Å². The predicted molar refractivity (Wildman–Crippen MR) is 171 cm³/mol. The van der Waals surface area contributed by atoms with Crippen molar-refractivity contribution in [2.75, 3.05) is 83.9 Å². The number of amides is 1. The second kappa shape index (κ2) is 16.3. The lowest BCUT2D eigenvalue weighted by Gasteiger charge is -2.38. The van der Waals surface area contributed by atoms with E-state index in [-0.39, 0.29) is 29.0 Å². The fourth-order valence-electron chi connectivity index (χ4n) is 5.66. The van der Waals surface area contributed by atoms with Gasteiger partial charge >= 0.3 is 0 Å². The Bertz CT molecular complexity index is 1070. The lowest BCUT2D eigenvalue weighted by molar-refractivity contribution is -0.115. The molecule has 3 saturated heterocycles. The normalized spacial score (nSPS) is 24.9. The fourth-order valence-corrected chi connectivity index (χ4v) is 5.66. The zero-order valence-corrected chi connectivity index (χ0v) is 25.5. The molecule has 0 unspecified atom stereocenters. The molecule has 3 aliphatic heterocycles. The molecule has 232 valence electrons. The van der Waals surface area contributed by atoms with Crippen LogP contribution in [0.1, 0.15) is 30.0 Å². The number of hydrogen-bond donors (Lipinski definition) is 9. The van der Waals surface area contributed by atoms with Crippen LogP contribution in [-0.2, 0) is 17.8 Å². The van der Waals surface area contributed by atoms with Crippen LogP contribution in [0.4, 0.5) is 5.69 Å². The van der Waals surface area contributed by atoms with E-state index in [1.165, 1.54) is 0 Å². The summed E-state index contributed by atoms with van der Waals surface area (Å²) < 4.78 is 0. The maximum Gasteiger partial charge on any atom is 0.228 e. The summed E-state index contributed by atoms with van der Waals surface area (Å²) in [6, 6.07) is 13.4. The summed E-state index contributed by atoms with van der Waals surface area (Å²) in [6.07, 6.45) is 1.35.